The van der Waals surface area contributed by atoms with Gasteiger partial charge < -0.3 is 15.0 Å². The van der Waals surface area contributed by atoms with Crippen LogP contribution in [0.4, 0.5) is 4.79 Å². The molecule has 2 rings (SSSR count). The summed E-state index contributed by atoms with van der Waals surface area (Å²) in [4.78, 5) is 15.6. The molecule has 2 fully saturated rings. The maximum atomic E-state index is 11.3. The Kier molecular flexibility index (Phi) is 3.66. The number of hydrogen-bond donors (Lipinski definition) is 1. The molecule has 0 unspecified atom stereocenters. The second kappa shape index (κ2) is 5.01. The Morgan fingerprint density at radius 3 is 2.56 bits per heavy atom. The van der Waals surface area contributed by atoms with Gasteiger partial charge in [-0.3, -0.25) is 4.90 Å². The van der Waals surface area contributed by atoms with Crippen molar-refractivity contribution in [2.24, 2.45) is 0 Å². The molecule has 0 saturated carbocycles. The lowest BCUT2D eigenvalue weighted by molar-refractivity contribution is -0.0685. The predicted molar refractivity (Wildman–Crippen MR) is 61.4 cm³/mol. The molecule has 2 aliphatic rings. The number of ether oxygens (including phenoxy) is 1. The van der Waals surface area contributed by atoms with Gasteiger partial charge in [-0.15, -0.1) is 0 Å². The standard InChI is InChI=1S/C11H21N3O2/c1-9-7-13(8-10(2)16-9)5-6-14-4-3-12-11(14)15/h9-10H,3-8H2,1-2H3,(H,12,15)/t9-,10+. The molecule has 0 aromatic carbocycles. The fraction of sp³-hybridized carbons (Fsp3) is 0.909. The van der Waals surface area contributed by atoms with Crippen LogP contribution >= 0.6 is 0 Å². The van der Waals surface area contributed by atoms with Gasteiger partial charge in [0.1, 0.15) is 0 Å². The second-order valence-corrected chi connectivity index (χ2v) is 4.74. The summed E-state index contributed by atoms with van der Waals surface area (Å²) in [6.45, 7) is 9.55. The van der Waals surface area contributed by atoms with Gasteiger partial charge in [0.05, 0.1) is 12.2 Å². The van der Waals surface area contributed by atoms with Crippen LogP contribution in [0.15, 0.2) is 0 Å². The second-order valence-electron chi connectivity index (χ2n) is 4.74. The van der Waals surface area contributed by atoms with Crippen LogP contribution in [0.25, 0.3) is 0 Å². The fourth-order valence-electron chi connectivity index (χ4n) is 2.45. The third-order valence-electron chi connectivity index (χ3n) is 3.13. The van der Waals surface area contributed by atoms with E-state index in [0.717, 1.165) is 39.3 Å². The van der Waals surface area contributed by atoms with Crippen molar-refractivity contribution in [2.45, 2.75) is 26.1 Å². The van der Waals surface area contributed by atoms with Gasteiger partial charge >= 0.3 is 6.03 Å². The first-order valence-corrected chi connectivity index (χ1v) is 6.06. The van der Waals surface area contributed by atoms with Crippen molar-refractivity contribution in [3.63, 3.8) is 0 Å². The van der Waals surface area contributed by atoms with Crippen molar-refractivity contribution in [3.8, 4) is 0 Å². The number of amides is 2. The van der Waals surface area contributed by atoms with Gasteiger partial charge in [-0.05, 0) is 13.8 Å². The SMILES string of the molecule is C[C@@H]1CN(CCN2CCNC2=O)C[C@H](C)O1. The van der Waals surface area contributed by atoms with Gasteiger partial charge in [-0.25, -0.2) is 4.79 Å². The highest BCUT2D eigenvalue weighted by Crippen LogP contribution is 2.10. The molecule has 92 valence electrons. The van der Waals surface area contributed by atoms with E-state index >= 15 is 0 Å². The van der Waals surface area contributed by atoms with Crippen LogP contribution < -0.4 is 5.32 Å². The number of nitrogens with one attached hydrogen (secondary N) is 1. The first-order chi connectivity index (χ1) is 7.65. The van der Waals surface area contributed by atoms with Crippen molar-refractivity contribution in [1.82, 2.24) is 15.1 Å². The summed E-state index contributed by atoms with van der Waals surface area (Å²) in [6, 6.07) is 0.0781. The number of nitrogens with zero attached hydrogens (tertiary/aromatic N) is 2. The molecule has 16 heavy (non-hydrogen) atoms. The Morgan fingerprint density at radius 2 is 2.00 bits per heavy atom. The summed E-state index contributed by atoms with van der Waals surface area (Å²) in [5.74, 6) is 0. The van der Waals surface area contributed by atoms with Crippen molar-refractivity contribution in [2.75, 3.05) is 39.3 Å². The number of morpholine rings is 1. The molecular formula is C11H21N3O2. The van der Waals surface area contributed by atoms with Crippen molar-refractivity contribution < 1.29 is 9.53 Å². The minimum atomic E-state index is 0.0781. The highest BCUT2D eigenvalue weighted by molar-refractivity contribution is 5.76. The average molecular weight is 227 g/mol. The topological polar surface area (TPSA) is 44.8 Å². The molecule has 2 atom stereocenters. The number of urea groups is 1. The Balaban J connectivity index is 1.74. The van der Waals surface area contributed by atoms with E-state index in [9.17, 15) is 4.79 Å². The van der Waals surface area contributed by atoms with Crippen LogP contribution in [0.1, 0.15) is 13.8 Å². The van der Waals surface area contributed by atoms with E-state index < -0.39 is 0 Å². The van der Waals surface area contributed by atoms with Crippen LogP contribution in [0.5, 0.6) is 0 Å². The Bertz CT molecular complexity index is 250. The molecular weight excluding hydrogens is 206 g/mol. The maximum absolute atomic E-state index is 11.3. The maximum Gasteiger partial charge on any atom is 0.317 e. The number of carbonyl (C=O) groups excluding carboxylic acids is 1. The molecule has 0 aliphatic carbocycles. The van der Waals surface area contributed by atoms with E-state index in [4.69, 9.17) is 4.74 Å². The monoisotopic (exact) mass is 227 g/mol. The summed E-state index contributed by atoms with van der Waals surface area (Å²) in [5, 5.41) is 2.82. The van der Waals surface area contributed by atoms with Gasteiger partial charge in [0.15, 0.2) is 0 Å². The summed E-state index contributed by atoms with van der Waals surface area (Å²) in [5.41, 5.74) is 0. The van der Waals surface area contributed by atoms with E-state index in [2.05, 4.69) is 24.1 Å². The van der Waals surface area contributed by atoms with Gasteiger partial charge in [-0.2, -0.15) is 0 Å². The lowest BCUT2D eigenvalue weighted by atomic mass is 10.2. The zero-order valence-corrected chi connectivity index (χ0v) is 10.1. The van der Waals surface area contributed by atoms with Crippen molar-refractivity contribution in [3.05, 3.63) is 0 Å². The highest BCUT2D eigenvalue weighted by Gasteiger charge is 2.24. The minimum absolute atomic E-state index is 0.0781. The summed E-state index contributed by atoms with van der Waals surface area (Å²) >= 11 is 0. The lowest BCUT2D eigenvalue weighted by Gasteiger charge is -2.35. The molecule has 0 bridgehead atoms. The van der Waals surface area contributed by atoms with E-state index in [1.165, 1.54) is 0 Å². The number of rotatable bonds is 3. The molecule has 0 aromatic rings. The Hall–Kier alpha value is -0.810. The molecule has 2 heterocycles. The van der Waals surface area contributed by atoms with Crippen LogP contribution in [0.2, 0.25) is 0 Å². The quantitative estimate of drug-likeness (QED) is 0.745. The normalized spacial score (nSPS) is 31.9. The first-order valence-electron chi connectivity index (χ1n) is 6.06. The van der Waals surface area contributed by atoms with E-state index in [0.29, 0.717) is 12.2 Å². The average Bonchev–Trinajstić information content (AvgIpc) is 2.59. The molecule has 0 aromatic heterocycles. The van der Waals surface area contributed by atoms with E-state index in [-0.39, 0.29) is 6.03 Å². The van der Waals surface area contributed by atoms with Crippen LogP contribution in [-0.2, 0) is 4.74 Å². The van der Waals surface area contributed by atoms with Gasteiger partial charge in [0.2, 0.25) is 0 Å². The van der Waals surface area contributed by atoms with E-state index in [1.54, 1.807) is 0 Å². The Labute approximate surface area is 96.7 Å². The fourth-order valence-corrected chi connectivity index (χ4v) is 2.45. The molecule has 2 saturated heterocycles. The zero-order chi connectivity index (χ0) is 11.5. The number of carbonyl (C=O) groups is 1. The molecule has 2 amide bonds. The number of hydrogen-bond acceptors (Lipinski definition) is 3. The molecule has 1 N–H and O–H groups in total. The third kappa shape index (κ3) is 2.86. The molecule has 2 aliphatic heterocycles. The first kappa shape index (κ1) is 11.7. The molecule has 0 radical (unpaired) electrons. The van der Waals surface area contributed by atoms with Crippen LogP contribution in [0.3, 0.4) is 0 Å². The Morgan fingerprint density at radius 1 is 1.31 bits per heavy atom. The molecule has 5 nitrogen and oxygen atoms in total. The van der Waals surface area contributed by atoms with Crippen LogP contribution in [0, 0.1) is 0 Å². The van der Waals surface area contributed by atoms with E-state index in [1.807, 2.05) is 4.90 Å². The molecule has 5 heteroatoms. The largest absolute Gasteiger partial charge is 0.373 e. The third-order valence-corrected chi connectivity index (χ3v) is 3.13. The summed E-state index contributed by atoms with van der Waals surface area (Å²) in [7, 11) is 0. The summed E-state index contributed by atoms with van der Waals surface area (Å²) < 4.78 is 5.67. The molecule has 0 spiro atoms. The smallest absolute Gasteiger partial charge is 0.317 e. The van der Waals surface area contributed by atoms with Gasteiger partial charge in [0, 0.05) is 39.3 Å². The van der Waals surface area contributed by atoms with Gasteiger partial charge in [0.25, 0.3) is 0 Å². The lowest BCUT2D eigenvalue weighted by Crippen LogP contribution is -2.48. The van der Waals surface area contributed by atoms with Crippen molar-refractivity contribution in [1.29, 1.82) is 0 Å². The summed E-state index contributed by atoms with van der Waals surface area (Å²) in [6.07, 6.45) is 0.604. The predicted octanol–water partition coefficient (Wildman–Crippen LogP) is 0.121. The van der Waals surface area contributed by atoms with Gasteiger partial charge in [-0.1, -0.05) is 0 Å². The highest BCUT2D eigenvalue weighted by atomic mass is 16.5. The minimum Gasteiger partial charge on any atom is -0.373 e. The van der Waals surface area contributed by atoms with Crippen LogP contribution in [-0.4, -0.2) is 67.3 Å². The zero-order valence-electron chi connectivity index (χ0n) is 10.1. The van der Waals surface area contributed by atoms with Crippen molar-refractivity contribution >= 4 is 6.03 Å².